The Morgan fingerprint density at radius 3 is 2.85 bits per heavy atom. The lowest BCUT2D eigenvalue weighted by atomic mass is 10.4. The smallest absolute Gasteiger partial charge is 0.176 e. The predicted octanol–water partition coefficient (Wildman–Crippen LogP) is 1.79. The monoisotopic (exact) mass is 199 g/mol. The fourth-order valence-corrected chi connectivity index (χ4v) is 1.45. The Hall–Kier alpha value is -0.710. The van der Waals surface area contributed by atoms with Crippen LogP contribution in [0.2, 0.25) is 0 Å². The molecule has 0 bridgehead atoms. The first kappa shape index (κ1) is 10.4. The van der Waals surface area contributed by atoms with Gasteiger partial charge in [-0.15, -0.1) is 0 Å². The number of methoxy groups -OCH3 is 2. The number of rotatable bonds is 5. The van der Waals surface area contributed by atoms with Crippen LogP contribution in [0.15, 0.2) is 21.8 Å². The van der Waals surface area contributed by atoms with Crippen molar-refractivity contribution in [1.82, 2.24) is 0 Å². The predicted molar refractivity (Wildman–Crippen MR) is 54.6 cm³/mol. The molecule has 0 aliphatic carbocycles. The molecule has 0 radical (unpaired) electrons. The largest absolute Gasteiger partial charge is 0.354 e. The lowest BCUT2D eigenvalue weighted by Gasteiger charge is -2.08. The lowest BCUT2D eigenvalue weighted by molar-refractivity contribution is -0.0936. The molecular weight excluding hydrogens is 186 g/mol. The third kappa shape index (κ3) is 3.67. The Morgan fingerprint density at radius 1 is 1.54 bits per heavy atom. The van der Waals surface area contributed by atoms with Gasteiger partial charge in [0.2, 0.25) is 0 Å². The summed E-state index contributed by atoms with van der Waals surface area (Å²) >= 11 is 1.66. The molecule has 0 atom stereocenters. The van der Waals surface area contributed by atoms with Gasteiger partial charge in [0.15, 0.2) is 6.29 Å². The van der Waals surface area contributed by atoms with Gasteiger partial charge < -0.3 is 9.47 Å². The highest BCUT2D eigenvalue weighted by Crippen LogP contribution is 2.02. The average molecular weight is 199 g/mol. The van der Waals surface area contributed by atoms with Crippen molar-refractivity contribution in [3.05, 3.63) is 22.4 Å². The fourth-order valence-electron chi connectivity index (χ4n) is 0.838. The van der Waals surface area contributed by atoms with E-state index in [1.165, 1.54) is 0 Å². The molecule has 1 aromatic rings. The average Bonchev–Trinajstić information content (AvgIpc) is 2.65. The summed E-state index contributed by atoms with van der Waals surface area (Å²) in [6.07, 6.45) is 1.58. The van der Waals surface area contributed by atoms with E-state index in [0.29, 0.717) is 6.54 Å². The van der Waals surface area contributed by atoms with Crippen molar-refractivity contribution in [2.24, 2.45) is 4.99 Å². The summed E-state index contributed by atoms with van der Waals surface area (Å²) in [6.45, 7) is 0.531. The Balaban J connectivity index is 2.33. The molecule has 0 saturated carbocycles. The van der Waals surface area contributed by atoms with Gasteiger partial charge in [-0.05, 0) is 16.8 Å². The molecule has 0 unspecified atom stereocenters. The second kappa shape index (κ2) is 5.85. The third-order valence-corrected chi connectivity index (χ3v) is 2.27. The maximum absolute atomic E-state index is 4.99. The standard InChI is InChI=1S/C9H13NO2S/c1-11-9(12-2)6-10-5-8-3-4-13-7-8/h3-5,7,9H,6H2,1-2H3. The van der Waals surface area contributed by atoms with Crippen molar-refractivity contribution in [2.45, 2.75) is 6.29 Å². The molecule has 0 amide bonds. The summed E-state index contributed by atoms with van der Waals surface area (Å²) in [5.74, 6) is 0. The zero-order valence-electron chi connectivity index (χ0n) is 7.77. The van der Waals surface area contributed by atoms with Crippen LogP contribution >= 0.6 is 11.3 Å². The number of hydrogen-bond acceptors (Lipinski definition) is 4. The van der Waals surface area contributed by atoms with E-state index in [4.69, 9.17) is 9.47 Å². The molecule has 1 heterocycles. The van der Waals surface area contributed by atoms with E-state index in [1.54, 1.807) is 25.6 Å². The number of nitrogens with zero attached hydrogens (tertiary/aromatic N) is 1. The summed E-state index contributed by atoms with van der Waals surface area (Å²) in [5, 5.41) is 4.06. The Kier molecular flexibility index (Phi) is 4.67. The number of hydrogen-bond donors (Lipinski definition) is 0. The minimum Gasteiger partial charge on any atom is -0.354 e. The molecule has 4 heteroatoms. The Morgan fingerprint density at radius 2 is 2.31 bits per heavy atom. The number of ether oxygens (including phenoxy) is 2. The molecule has 1 aromatic heterocycles. The molecule has 1 rings (SSSR count). The van der Waals surface area contributed by atoms with E-state index in [2.05, 4.69) is 4.99 Å². The zero-order chi connectivity index (χ0) is 9.52. The van der Waals surface area contributed by atoms with Crippen LogP contribution in [0.5, 0.6) is 0 Å². The maximum atomic E-state index is 4.99. The first-order valence-corrected chi connectivity index (χ1v) is 4.88. The minimum absolute atomic E-state index is 0.241. The van der Waals surface area contributed by atoms with Crippen LogP contribution in [0.4, 0.5) is 0 Å². The van der Waals surface area contributed by atoms with Crippen molar-refractivity contribution in [2.75, 3.05) is 20.8 Å². The maximum Gasteiger partial charge on any atom is 0.176 e. The summed E-state index contributed by atoms with van der Waals surface area (Å²) in [6, 6.07) is 2.02. The van der Waals surface area contributed by atoms with Crippen LogP contribution in [-0.4, -0.2) is 33.3 Å². The summed E-state index contributed by atoms with van der Waals surface area (Å²) in [5.41, 5.74) is 1.12. The fraction of sp³-hybridized carbons (Fsp3) is 0.444. The van der Waals surface area contributed by atoms with Crippen LogP contribution in [0.25, 0.3) is 0 Å². The molecule has 0 N–H and O–H groups in total. The summed E-state index contributed by atoms with van der Waals surface area (Å²) in [7, 11) is 3.21. The van der Waals surface area contributed by atoms with E-state index in [0.717, 1.165) is 5.56 Å². The molecule has 3 nitrogen and oxygen atoms in total. The second-order valence-corrected chi connectivity index (χ2v) is 3.23. The van der Waals surface area contributed by atoms with Crippen molar-refractivity contribution in [1.29, 1.82) is 0 Å². The highest BCUT2D eigenvalue weighted by Gasteiger charge is 2.00. The van der Waals surface area contributed by atoms with Crippen molar-refractivity contribution in [3.63, 3.8) is 0 Å². The molecule has 13 heavy (non-hydrogen) atoms. The van der Waals surface area contributed by atoms with Crippen molar-refractivity contribution in [3.8, 4) is 0 Å². The van der Waals surface area contributed by atoms with E-state index < -0.39 is 0 Å². The van der Waals surface area contributed by atoms with Gasteiger partial charge in [-0.25, -0.2) is 0 Å². The highest BCUT2D eigenvalue weighted by atomic mass is 32.1. The van der Waals surface area contributed by atoms with Gasteiger partial charge in [0.25, 0.3) is 0 Å². The highest BCUT2D eigenvalue weighted by molar-refractivity contribution is 7.08. The molecule has 0 aromatic carbocycles. The van der Waals surface area contributed by atoms with E-state index in [9.17, 15) is 0 Å². The van der Waals surface area contributed by atoms with Gasteiger partial charge in [0, 0.05) is 26.0 Å². The van der Waals surface area contributed by atoms with Crippen LogP contribution in [-0.2, 0) is 9.47 Å². The molecule has 0 aliphatic heterocycles. The topological polar surface area (TPSA) is 30.8 Å². The Labute approximate surface area is 82.0 Å². The van der Waals surface area contributed by atoms with Gasteiger partial charge in [0.1, 0.15) is 0 Å². The first-order chi connectivity index (χ1) is 6.36. The van der Waals surface area contributed by atoms with Gasteiger partial charge in [-0.3, -0.25) is 4.99 Å². The normalized spacial score (nSPS) is 11.6. The first-order valence-electron chi connectivity index (χ1n) is 3.94. The van der Waals surface area contributed by atoms with Crippen molar-refractivity contribution < 1.29 is 9.47 Å². The van der Waals surface area contributed by atoms with Crippen LogP contribution < -0.4 is 0 Å². The van der Waals surface area contributed by atoms with Crippen LogP contribution in [0.3, 0.4) is 0 Å². The van der Waals surface area contributed by atoms with Gasteiger partial charge in [0.05, 0.1) is 6.54 Å². The molecule has 0 spiro atoms. The van der Waals surface area contributed by atoms with Gasteiger partial charge in [-0.1, -0.05) is 0 Å². The summed E-state index contributed by atoms with van der Waals surface area (Å²) < 4.78 is 9.97. The molecule has 72 valence electrons. The molecule has 0 aliphatic rings. The lowest BCUT2D eigenvalue weighted by Crippen LogP contribution is -2.16. The minimum atomic E-state index is -0.241. The molecule has 0 fully saturated rings. The molecular formula is C9H13NO2S. The quantitative estimate of drug-likeness (QED) is 0.534. The van der Waals surface area contributed by atoms with E-state index in [1.807, 2.05) is 23.0 Å². The SMILES string of the molecule is COC(CN=Cc1ccsc1)OC. The number of thiophene rings is 1. The number of aliphatic imine (C=N–C) groups is 1. The van der Waals surface area contributed by atoms with Crippen molar-refractivity contribution >= 4 is 17.6 Å². The van der Waals surface area contributed by atoms with E-state index >= 15 is 0 Å². The van der Waals surface area contributed by atoms with Gasteiger partial charge >= 0.3 is 0 Å². The molecule has 0 saturated heterocycles. The summed E-state index contributed by atoms with van der Waals surface area (Å²) in [4.78, 5) is 4.19. The Bertz CT molecular complexity index is 242. The second-order valence-electron chi connectivity index (χ2n) is 2.45. The van der Waals surface area contributed by atoms with Gasteiger partial charge in [-0.2, -0.15) is 11.3 Å². The van der Waals surface area contributed by atoms with Crippen LogP contribution in [0.1, 0.15) is 5.56 Å². The van der Waals surface area contributed by atoms with Crippen LogP contribution in [0, 0.1) is 0 Å². The zero-order valence-corrected chi connectivity index (χ0v) is 8.58. The third-order valence-electron chi connectivity index (χ3n) is 1.56. The van der Waals surface area contributed by atoms with E-state index in [-0.39, 0.29) is 6.29 Å².